The Morgan fingerprint density at radius 2 is 1.84 bits per heavy atom. The van der Waals surface area contributed by atoms with Crippen LogP contribution in [0.2, 0.25) is 0 Å². The van der Waals surface area contributed by atoms with Crippen LogP contribution in [0.1, 0.15) is 29.7 Å². The third-order valence-electron chi connectivity index (χ3n) is 5.18. The first-order chi connectivity index (χ1) is 15.4. The Hall–Kier alpha value is -3.62. The van der Waals surface area contributed by atoms with Gasteiger partial charge in [0.15, 0.2) is 0 Å². The van der Waals surface area contributed by atoms with Gasteiger partial charge < -0.3 is 10.2 Å². The van der Waals surface area contributed by atoms with Gasteiger partial charge in [-0.1, -0.05) is 35.5 Å². The maximum Gasteiger partial charge on any atom is 0.416 e. The second kappa shape index (κ2) is 9.25. The molecule has 0 spiro atoms. The van der Waals surface area contributed by atoms with Crippen LogP contribution in [0.4, 0.5) is 24.5 Å². The third-order valence-corrected chi connectivity index (χ3v) is 5.18. The van der Waals surface area contributed by atoms with Gasteiger partial charge in [-0.2, -0.15) is 13.2 Å². The van der Waals surface area contributed by atoms with Crippen molar-refractivity contribution in [2.45, 2.75) is 25.6 Å². The average Bonchev–Trinajstić information content (AvgIpc) is 3.45. The van der Waals surface area contributed by atoms with Gasteiger partial charge in [-0.3, -0.25) is 4.79 Å². The van der Waals surface area contributed by atoms with Gasteiger partial charge in [0.25, 0.3) is 0 Å². The topological polar surface area (TPSA) is 63.1 Å². The van der Waals surface area contributed by atoms with E-state index >= 15 is 0 Å². The summed E-state index contributed by atoms with van der Waals surface area (Å²) in [5.41, 5.74) is 1.46. The maximum absolute atomic E-state index is 13.2. The van der Waals surface area contributed by atoms with Gasteiger partial charge in [-0.05, 0) is 42.7 Å². The van der Waals surface area contributed by atoms with Crippen LogP contribution in [-0.2, 0) is 17.5 Å². The number of alkyl halides is 3. The van der Waals surface area contributed by atoms with Crippen molar-refractivity contribution in [2.24, 2.45) is 0 Å². The van der Waals surface area contributed by atoms with E-state index in [1.807, 2.05) is 35.2 Å². The quantitative estimate of drug-likeness (QED) is 0.568. The Labute approximate surface area is 183 Å². The molecule has 0 aliphatic carbocycles. The van der Waals surface area contributed by atoms with E-state index in [0.29, 0.717) is 17.9 Å². The summed E-state index contributed by atoms with van der Waals surface area (Å²) in [7, 11) is 0. The molecule has 0 atom stereocenters. The van der Waals surface area contributed by atoms with Crippen LogP contribution in [-0.4, -0.2) is 34.0 Å². The Kier molecular flexibility index (Phi) is 6.25. The van der Waals surface area contributed by atoms with Gasteiger partial charge in [-0.25, -0.2) is 4.68 Å². The molecule has 3 aromatic rings. The number of benzene rings is 2. The van der Waals surface area contributed by atoms with Gasteiger partial charge in [-0.15, -0.1) is 5.10 Å². The lowest BCUT2D eigenvalue weighted by molar-refractivity contribution is -0.137. The van der Waals surface area contributed by atoms with E-state index in [2.05, 4.69) is 15.6 Å². The zero-order chi connectivity index (χ0) is 22.6. The van der Waals surface area contributed by atoms with Gasteiger partial charge in [0.05, 0.1) is 29.7 Å². The van der Waals surface area contributed by atoms with E-state index < -0.39 is 17.6 Å². The van der Waals surface area contributed by atoms with Crippen molar-refractivity contribution in [2.75, 3.05) is 23.3 Å². The van der Waals surface area contributed by atoms with E-state index in [1.54, 1.807) is 10.9 Å². The van der Waals surface area contributed by atoms with Crippen LogP contribution >= 0.6 is 0 Å². The van der Waals surface area contributed by atoms with Crippen LogP contribution in [0.25, 0.3) is 6.08 Å². The fourth-order valence-electron chi connectivity index (χ4n) is 3.62. The van der Waals surface area contributed by atoms with Gasteiger partial charge in [0.2, 0.25) is 5.91 Å². The minimum atomic E-state index is -4.49. The average molecular weight is 441 g/mol. The molecule has 166 valence electrons. The van der Waals surface area contributed by atoms with Crippen molar-refractivity contribution in [1.82, 2.24) is 15.0 Å². The van der Waals surface area contributed by atoms with Crippen LogP contribution in [0.15, 0.2) is 60.8 Å². The summed E-state index contributed by atoms with van der Waals surface area (Å²) in [6.45, 7) is 2.03. The lowest BCUT2D eigenvalue weighted by Gasteiger charge is -2.22. The molecular formula is C23H22F3N5O. The first-order valence-corrected chi connectivity index (χ1v) is 10.3. The van der Waals surface area contributed by atoms with E-state index in [4.69, 9.17) is 0 Å². The largest absolute Gasteiger partial charge is 0.416 e. The number of carbonyl (C=O) groups excluding carboxylic acids is 1. The van der Waals surface area contributed by atoms with Gasteiger partial charge in [0.1, 0.15) is 5.69 Å². The number of anilines is 2. The normalized spacial score (nSPS) is 14.3. The summed E-state index contributed by atoms with van der Waals surface area (Å²) >= 11 is 0. The predicted molar refractivity (Wildman–Crippen MR) is 116 cm³/mol. The van der Waals surface area contributed by atoms with Crippen LogP contribution < -0.4 is 10.2 Å². The standard InChI is InChI=1S/C23H22F3N5O/c24-23(25,26)18-8-10-21(30-12-4-5-13-30)20(14-18)27-22(32)11-9-19-16-31(29-28-19)15-17-6-2-1-3-7-17/h1-3,6-11,14,16H,4-5,12-13,15H2,(H,27,32)/b11-9+. The fraction of sp³-hybridized carbons (Fsp3) is 0.261. The molecule has 2 heterocycles. The monoisotopic (exact) mass is 441 g/mol. The lowest BCUT2D eigenvalue weighted by atomic mass is 10.1. The van der Waals surface area contributed by atoms with Gasteiger partial charge in [0, 0.05) is 19.2 Å². The SMILES string of the molecule is O=C(/C=C/c1cn(Cc2ccccc2)nn1)Nc1cc(C(F)(F)F)ccc1N1CCCC1. The number of rotatable bonds is 6. The Morgan fingerprint density at radius 3 is 2.56 bits per heavy atom. The molecule has 4 rings (SSSR count). The number of aromatic nitrogens is 3. The zero-order valence-corrected chi connectivity index (χ0v) is 17.2. The predicted octanol–water partition coefficient (Wildman–Crippen LogP) is 4.60. The summed E-state index contributed by atoms with van der Waals surface area (Å²) in [6, 6.07) is 13.2. The highest BCUT2D eigenvalue weighted by Crippen LogP contribution is 2.36. The van der Waals surface area contributed by atoms with Crippen molar-refractivity contribution >= 4 is 23.4 Å². The Balaban J connectivity index is 1.47. The molecule has 0 saturated carbocycles. The Morgan fingerprint density at radius 1 is 1.09 bits per heavy atom. The van der Waals surface area contributed by atoms with E-state index in [0.717, 1.165) is 43.6 Å². The van der Waals surface area contributed by atoms with Crippen LogP contribution in [0.5, 0.6) is 0 Å². The van der Waals surface area contributed by atoms with Crippen molar-refractivity contribution < 1.29 is 18.0 Å². The first-order valence-electron chi connectivity index (χ1n) is 10.3. The number of amides is 1. The molecule has 32 heavy (non-hydrogen) atoms. The molecule has 1 fully saturated rings. The third kappa shape index (κ3) is 5.35. The molecule has 9 heteroatoms. The summed E-state index contributed by atoms with van der Waals surface area (Å²) in [5.74, 6) is -0.539. The number of nitrogens with one attached hydrogen (secondary N) is 1. The minimum Gasteiger partial charge on any atom is -0.370 e. The molecule has 2 aromatic carbocycles. The molecule has 0 unspecified atom stereocenters. The molecule has 1 aliphatic heterocycles. The number of halogens is 3. The fourth-order valence-corrected chi connectivity index (χ4v) is 3.62. The number of carbonyl (C=O) groups is 1. The van der Waals surface area contributed by atoms with E-state index in [9.17, 15) is 18.0 Å². The molecule has 1 N–H and O–H groups in total. The number of hydrogen-bond donors (Lipinski definition) is 1. The maximum atomic E-state index is 13.2. The molecular weight excluding hydrogens is 419 g/mol. The van der Waals surface area contributed by atoms with Crippen molar-refractivity contribution in [3.63, 3.8) is 0 Å². The van der Waals surface area contributed by atoms with Crippen LogP contribution in [0.3, 0.4) is 0 Å². The molecule has 1 amide bonds. The number of nitrogens with zero attached hydrogens (tertiary/aromatic N) is 4. The minimum absolute atomic E-state index is 0.143. The van der Waals surface area contributed by atoms with E-state index in [1.165, 1.54) is 18.2 Å². The van der Waals surface area contributed by atoms with Crippen molar-refractivity contribution in [1.29, 1.82) is 0 Å². The summed E-state index contributed by atoms with van der Waals surface area (Å²) < 4.78 is 41.2. The molecule has 0 bridgehead atoms. The van der Waals surface area contributed by atoms with Crippen molar-refractivity contribution in [3.8, 4) is 0 Å². The first kappa shape index (κ1) is 21.6. The summed E-state index contributed by atoms with van der Waals surface area (Å²) in [5, 5.41) is 10.6. The van der Waals surface area contributed by atoms with Crippen LogP contribution in [0, 0.1) is 0 Å². The molecule has 0 radical (unpaired) electrons. The smallest absolute Gasteiger partial charge is 0.370 e. The highest BCUT2D eigenvalue weighted by atomic mass is 19.4. The molecule has 1 aromatic heterocycles. The molecule has 1 aliphatic rings. The second-order valence-electron chi connectivity index (χ2n) is 7.57. The highest BCUT2D eigenvalue weighted by molar-refractivity contribution is 6.03. The van der Waals surface area contributed by atoms with E-state index in [-0.39, 0.29) is 5.69 Å². The van der Waals surface area contributed by atoms with Crippen molar-refractivity contribution in [3.05, 3.63) is 77.6 Å². The highest BCUT2D eigenvalue weighted by Gasteiger charge is 2.31. The van der Waals surface area contributed by atoms with Gasteiger partial charge >= 0.3 is 6.18 Å². The number of hydrogen-bond acceptors (Lipinski definition) is 4. The Bertz CT molecular complexity index is 1100. The molecule has 1 saturated heterocycles. The second-order valence-corrected chi connectivity index (χ2v) is 7.57. The lowest BCUT2D eigenvalue weighted by Crippen LogP contribution is -2.21. The zero-order valence-electron chi connectivity index (χ0n) is 17.2. The summed E-state index contributed by atoms with van der Waals surface area (Å²) in [4.78, 5) is 14.4. The molecule has 6 nitrogen and oxygen atoms in total. The summed E-state index contributed by atoms with van der Waals surface area (Å²) in [6.07, 6.45) is 1.85.